The minimum Gasteiger partial charge on any atom is -0.442 e. The molecule has 11 heteroatoms. The van der Waals surface area contributed by atoms with Crippen molar-refractivity contribution in [2.45, 2.75) is 64.4 Å². The van der Waals surface area contributed by atoms with E-state index in [0.717, 1.165) is 5.56 Å². The summed E-state index contributed by atoms with van der Waals surface area (Å²) in [5.41, 5.74) is -0.349. The summed E-state index contributed by atoms with van der Waals surface area (Å²) in [7, 11) is -3.97. The van der Waals surface area contributed by atoms with Crippen molar-refractivity contribution in [3.8, 4) is 0 Å². The second kappa shape index (κ2) is 10.2. The lowest BCUT2D eigenvalue weighted by Crippen LogP contribution is -2.58. The number of carbonyl (C=O) groups excluding carboxylic acids is 1. The molecule has 2 N–H and O–H groups in total. The molecule has 0 spiro atoms. The molecule has 2 aromatic carbocycles. The van der Waals surface area contributed by atoms with Crippen LogP contribution in [0, 0.1) is 17.0 Å². The molecule has 0 atom stereocenters. The number of sulfonamides is 1. The summed E-state index contributed by atoms with van der Waals surface area (Å²) >= 11 is 0. The van der Waals surface area contributed by atoms with E-state index >= 15 is 0 Å². The highest BCUT2D eigenvalue weighted by Crippen LogP contribution is 2.40. The van der Waals surface area contributed by atoms with E-state index in [-0.39, 0.29) is 30.3 Å². The number of hydrogen-bond acceptors (Lipinski definition) is 7. The molecular formula is C24H31N3O7S. The number of anilines is 1. The zero-order chi connectivity index (χ0) is 25.9. The van der Waals surface area contributed by atoms with Crippen LogP contribution >= 0.6 is 0 Å². The zero-order valence-electron chi connectivity index (χ0n) is 20.2. The molecule has 35 heavy (non-hydrogen) atoms. The Balaban J connectivity index is 1.71. The van der Waals surface area contributed by atoms with E-state index in [1.54, 1.807) is 27.7 Å². The Labute approximate surface area is 205 Å². The number of alkyl carbamates (subject to hydrolysis) is 1. The van der Waals surface area contributed by atoms with Crippen LogP contribution in [0.15, 0.2) is 48.5 Å². The fourth-order valence-electron chi connectivity index (χ4n) is 3.86. The third-order valence-electron chi connectivity index (χ3n) is 5.45. The fraction of sp³-hybridized carbons (Fsp3) is 0.458. The summed E-state index contributed by atoms with van der Waals surface area (Å²) in [6, 6.07) is 13.4. The van der Waals surface area contributed by atoms with Crippen LogP contribution in [-0.4, -0.2) is 42.4 Å². The Morgan fingerprint density at radius 3 is 2.40 bits per heavy atom. The smallest absolute Gasteiger partial charge is 0.408 e. The molecule has 1 saturated carbocycles. The van der Waals surface area contributed by atoms with Gasteiger partial charge in [0.1, 0.15) is 11.4 Å². The van der Waals surface area contributed by atoms with Crippen LogP contribution in [0.5, 0.6) is 0 Å². The van der Waals surface area contributed by atoms with Gasteiger partial charge in [-0.3, -0.25) is 14.8 Å². The molecular weight excluding hydrogens is 474 g/mol. The lowest BCUT2D eigenvalue weighted by Gasteiger charge is -2.46. The first-order chi connectivity index (χ1) is 16.3. The maximum atomic E-state index is 13.0. The summed E-state index contributed by atoms with van der Waals surface area (Å²) < 4.78 is 40.1. The van der Waals surface area contributed by atoms with Crippen LogP contribution in [0.3, 0.4) is 0 Å². The monoisotopic (exact) mass is 505 g/mol. The van der Waals surface area contributed by atoms with Crippen LogP contribution in [0.25, 0.3) is 0 Å². The predicted molar refractivity (Wildman–Crippen MR) is 132 cm³/mol. The molecule has 0 heterocycles. The molecule has 2 aromatic rings. The number of benzene rings is 2. The lowest BCUT2D eigenvalue weighted by atomic mass is 9.78. The van der Waals surface area contributed by atoms with Gasteiger partial charge in [-0.2, -0.15) is 0 Å². The Bertz CT molecular complexity index is 1170. The zero-order valence-corrected chi connectivity index (χ0v) is 21.1. The van der Waals surface area contributed by atoms with Crippen molar-refractivity contribution in [3.63, 3.8) is 0 Å². The summed E-state index contributed by atoms with van der Waals surface area (Å²) in [4.78, 5) is 22.9. The average molecular weight is 506 g/mol. The first-order valence-electron chi connectivity index (χ1n) is 11.2. The van der Waals surface area contributed by atoms with E-state index in [2.05, 4.69) is 10.0 Å². The molecule has 0 bridgehead atoms. The van der Waals surface area contributed by atoms with E-state index < -0.39 is 37.9 Å². The molecule has 1 fully saturated rings. The largest absolute Gasteiger partial charge is 0.442 e. The van der Waals surface area contributed by atoms with Gasteiger partial charge in [0.2, 0.25) is 10.0 Å². The number of nitrogens with zero attached hydrogens (tertiary/aromatic N) is 1. The van der Waals surface area contributed by atoms with E-state index in [9.17, 15) is 23.3 Å². The molecule has 190 valence electrons. The van der Waals surface area contributed by atoms with Gasteiger partial charge in [-0.1, -0.05) is 30.3 Å². The van der Waals surface area contributed by atoms with Gasteiger partial charge in [0.15, 0.2) is 0 Å². The van der Waals surface area contributed by atoms with Gasteiger partial charge in [0.25, 0.3) is 5.69 Å². The van der Waals surface area contributed by atoms with Crippen LogP contribution in [-0.2, 0) is 26.1 Å². The Hall–Kier alpha value is -3.18. The van der Waals surface area contributed by atoms with E-state index in [1.807, 2.05) is 30.3 Å². The van der Waals surface area contributed by atoms with Crippen molar-refractivity contribution in [1.29, 1.82) is 0 Å². The molecule has 0 radical (unpaired) electrons. The third-order valence-corrected chi connectivity index (χ3v) is 6.89. The van der Waals surface area contributed by atoms with E-state index in [1.165, 1.54) is 18.2 Å². The van der Waals surface area contributed by atoms with Crippen LogP contribution in [0.2, 0.25) is 0 Å². The highest BCUT2D eigenvalue weighted by atomic mass is 32.2. The molecule has 0 saturated heterocycles. The van der Waals surface area contributed by atoms with Gasteiger partial charge >= 0.3 is 6.09 Å². The van der Waals surface area contributed by atoms with Crippen molar-refractivity contribution in [2.75, 3.05) is 10.5 Å². The average Bonchev–Trinajstić information content (AvgIpc) is 2.70. The Morgan fingerprint density at radius 2 is 1.83 bits per heavy atom. The van der Waals surface area contributed by atoms with Gasteiger partial charge in [-0.05, 0) is 44.9 Å². The van der Waals surface area contributed by atoms with Gasteiger partial charge in [-0.15, -0.1) is 0 Å². The predicted octanol–water partition coefficient (Wildman–Crippen LogP) is 4.29. The van der Waals surface area contributed by atoms with Gasteiger partial charge in [-0.25, -0.2) is 13.2 Å². The maximum Gasteiger partial charge on any atom is 0.408 e. The number of nitro groups is 1. The summed E-state index contributed by atoms with van der Waals surface area (Å²) in [6.45, 7) is 7.32. The SMILES string of the molecule is Cc1cc([N+](=O)[O-])ccc1NS(=O)(=O)CC1(OC(=O)NC(C)(C)C)CC(OCc2ccccc2)C1. The summed E-state index contributed by atoms with van der Waals surface area (Å²) in [5.74, 6) is -0.473. The number of hydrogen-bond donors (Lipinski definition) is 2. The first-order valence-corrected chi connectivity index (χ1v) is 12.8. The van der Waals surface area contributed by atoms with Crippen molar-refractivity contribution in [1.82, 2.24) is 5.32 Å². The lowest BCUT2D eigenvalue weighted by molar-refractivity contribution is -0.384. The second-order valence-corrected chi connectivity index (χ2v) is 11.6. The minimum absolute atomic E-state index is 0.137. The number of carbonyl (C=O) groups is 1. The number of aryl methyl sites for hydroxylation is 1. The van der Waals surface area contributed by atoms with Gasteiger partial charge < -0.3 is 14.8 Å². The van der Waals surface area contributed by atoms with Crippen molar-refractivity contribution >= 4 is 27.5 Å². The Kier molecular flexibility index (Phi) is 7.71. The highest BCUT2D eigenvalue weighted by molar-refractivity contribution is 7.92. The van der Waals surface area contributed by atoms with Gasteiger partial charge in [0, 0.05) is 30.5 Å². The number of nitrogens with one attached hydrogen (secondary N) is 2. The molecule has 0 aliphatic heterocycles. The summed E-state index contributed by atoms with van der Waals surface area (Å²) in [5, 5.41) is 13.7. The first kappa shape index (κ1) is 26.4. The highest BCUT2D eigenvalue weighted by Gasteiger charge is 2.51. The van der Waals surface area contributed by atoms with E-state index in [0.29, 0.717) is 12.2 Å². The van der Waals surface area contributed by atoms with Crippen molar-refractivity contribution in [2.24, 2.45) is 0 Å². The van der Waals surface area contributed by atoms with Crippen LogP contribution in [0.1, 0.15) is 44.7 Å². The minimum atomic E-state index is -3.97. The number of ether oxygens (including phenoxy) is 2. The molecule has 1 amide bonds. The molecule has 3 rings (SSSR count). The molecule has 1 aliphatic carbocycles. The van der Waals surface area contributed by atoms with Crippen molar-refractivity contribution < 1.29 is 27.6 Å². The van der Waals surface area contributed by atoms with Crippen LogP contribution in [0.4, 0.5) is 16.2 Å². The molecule has 1 aliphatic rings. The normalized spacial score (nSPS) is 19.9. The molecule has 10 nitrogen and oxygen atoms in total. The topological polar surface area (TPSA) is 137 Å². The van der Waals surface area contributed by atoms with Crippen molar-refractivity contribution in [3.05, 3.63) is 69.8 Å². The van der Waals surface area contributed by atoms with E-state index in [4.69, 9.17) is 9.47 Å². The van der Waals surface area contributed by atoms with Crippen LogP contribution < -0.4 is 10.0 Å². The fourth-order valence-corrected chi connectivity index (χ4v) is 5.48. The second-order valence-electron chi connectivity index (χ2n) is 9.89. The Morgan fingerprint density at radius 1 is 1.17 bits per heavy atom. The molecule has 0 unspecified atom stereocenters. The third kappa shape index (κ3) is 7.66. The molecule has 0 aromatic heterocycles. The number of non-ortho nitro benzene ring substituents is 1. The maximum absolute atomic E-state index is 13.0. The summed E-state index contributed by atoms with van der Waals surface area (Å²) in [6.07, 6.45) is -0.538. The standard InChI is InChI=1S/C24H31N3O7S/c1-17-12-19(27(29)30)10-11-21(17)26-35(31,32)16-24(34-22(28)25-23(2,3)4)13-20(14-24)33-15-18-8-6-5-7-9-18/h5-12,20,26H,13-16H2,1-4H3,(H,25,28). The number of nitro benzene ring substituents is 1. The number of amides is 1. The van der Waals surface area contributed by atoms with Gasteiger partial charge in [0.05, 0.1) is 23.3 Å². The quantitative estimate of drug-likeness (QED) is 0.383. The number of rotatable bonds is 9.